The summed E-state index contributed by atoms with van der Waals surface area (Å²) in [5, 5.41) is 6.19. The van der Waals surface area contributed by atoms with Crippen molar-refractivity contribution in [2.45, 2.75) is 40.2 Å². The van der Waals surface area contributed by atoms with Crippen molar-refractivity contribution in [1.29, 1.82) is 0 Å². The van der Waals surface area contributed by atoms with Gasteiger partial charge in [-0.3, -0.25) is 4.79 Å². The minimum absolute atomic E-state index is 0.0602. The summed E-state index contributed by atoms with van der Waals surface area (Å²) in [4.78, 5) is 21.3. The zero-order valence-corrected chi connectivity index (χ0v) is 14.8. The van der Waals surface area contributed by atoms with Crippen molar-refractivity contribution in [2.24, 2.45) is 5.92 Å². The summed E-state index contributed by atoms with van der Waals surface area (Å²) in [5.74, 6) is 1.66. The van der Waals surface area contributed by atoms with E-state index >= 15 is 0 Å². The predicted molar refractivity (Wildman–Crippen MR) is 98.0 cm³/mol. The van der Waals surface area contributed by atoms with Crippen LogP contribution in [0.1, 0.15) is 44.6 Å². The largest absolute Gasteiger partial charge is 0.370 e. The zero-order valence-electron chi connectivity index (χ0n) is 14.8. The van der Waals surface area contributed by atoms with E-state index in [1.165, 1.54) is 0 Å². The van der Waals surface area contributed by atoms with Gasteiger partial charge in [0.15, 0.2) is 5.82 Å². The molecule has 128 valence electrons. The molecular weight excluding hydrogens is 300 g/mol. The Morgan fingerprint density at radius 2 is 1.79 bits per heavy atom. The van der Waals surface area contributed by atoms with Gasteiger partial charge in [-0.1, -0.05) is 44.2 Å². The van der Waals surface area contributed by atoms with Gasteiger partial charge < -0.3 is 10.6 Å². The topological polar surface area (TPSA) is 66.9 Å². The summed E-state index contributed by atoms with van der Waals surface area (Å²) < 4.78 is 0. The third-order valence-corrected chi connectivity index (χ3v) is 3.44. The lowest BCUT2D eigenvalue weighted by Gasteiger charge is -2.12. The summed E-state index contributed by atoms with van der Waals surface area (Å²) >= 11 is 0. The average Bonchev–Trinajstić information content (AvgIpc) is 2.54. The molecule has 0 aliphatic rings. The van der Waals surface area contributed by atoms with E-state index in [9.17, 15) is 4.79 Å². The summed E-state index contributed by atoms with van der Waals surface area (Å²) in [6, 6.07) is 11.5. The monoisotopic (exact) mass is 326 g/mol. The molecule has 0 spiro atoms. The van der Waals surface area contributed by atoms with Crippen LogP contribution in [0.25, 0.3) is 11.4 Å². The van der Waals surface area contributed by atoms with Gasteiger partial charge in [-0.05, 0) is 26.2 Å². The number of aromatic nitrogens is 2. The summed E-state index contributed by atoms with van der Waals surface area (Å²) in [6.45, 7) is 9.03. The normalized spacial score (nSPS) is 10.9. The van der Waals surface area contributed by atoms with E-state index in [1.54, 1.807) is 6.07 Å². The van der Waals surface area contributed by atoms with E-state index in [0.29, 0.717) is 23.3 Å². The van der Waals surface area contributed by atoms with Gasteiger partial charge >= 0.3 is 0 Å². The number of benzene rings is 1. The van der Waals surface area contributed by atoms with Gasteiger partial charge in [-0.25, -0.2) is 9.97 Å². The molecule has 2 N–H and O–H groups in total. The molecule has 0 atom stereocenters. The van der Waals surface area contributed by atoms with Crippen molar-refractivity contribution in [1.82, 2.24) is 15.3 Å². The lowest BCUT2D eigenvalue weighted by Crippen LogP contribution is -2.31. The molecule has 24 heavy (non-hydrogen) atoms. The van der Waals surface area contributed by atoms with E-state index in [-0.39, 0.29) is 11.9 Å². The molecule has 2 rings (SSSR count). The van der Waals surface area contributed by atoms with Crippen LogP contribution < -0.4 is 10.6 Å². The number of nitrogens with one attached hydrogen (secondary N) is 2. The third kappa shape index (κ3) is 5.33. The lowest BCUT2D eigenvalue weighted by molar-refractivity contribution is 0.0938. The SMILES string of the molecule is CC(C)CCNc1cc(C(=O)NC(C)C)nc(-c2ccccc2)n1. The first-order valence-electron chi connectivity index (χ1n) is 8.45. The molecule has 0 saturated carbocycles. The Hall–Kier alpha value is -2.43. The molecule has 0 aliphatic carbocycles. The summed E-state index contributed by atoms with van der Waals surface area (Å²) in [6.07, 6.45) is 1.04. The number of hydrogen-bond donors (Lipinski definition) is 2. The van der Waals surface area contributed by atoms with E-state index in [2.05, 4.69) is 34.4 Å². The average molecular weight is 326 g/mol. The zero-order chi connectivity index (χ0) is 17.5. The molecule has 0 radical (unpaired) electrons. The molecule has 1 amide bonds. The molecule has 5 nitrogen and oxygen atoms in total. The van der Waals surface area contributed by atoms with E-state index < -0.39 is 0 Å². The number of carbonyl (C=O) groups is 1. The second-order valence-electron chi connectivity index (χ2n) is 6.57. The second-order valence-corrected chi connectivity index (χ2v) is 6.57. The Bertz CT molecular complexity index is 668. The fourth-order valence-electron chi connectivity index (χ4n) is 2.20. The maximum atomic E-state index is 12.3. The van der Waals surface area contributed by atoms with Crippen LogP contribution in [0.5, 0.6) is 0 Å². The fourth-order valence-corrected chi connectivity index (χ4v) is 2.20. The summed E-state index contributed by atoms with van der Waals surface area (Å²) in [5.41, 5.74) is 1.27. The Morgan fingerprint density at radius 3 is 2.42 bits per heavy atom. The molecule has 0 aliphatic heterocycles. The second kappa shape index (κ2) is 8.43. The number of nitrogens with zero attached hydrogens (tertiary/aromatic N) is 2. The third-order valence-electron chi connectivity index (χ3n) is 3.44. The van der Waals surface area contributed by atoms with Gasteiger partial charge in [-0.2, -0.15) is 0 Å². The smallest absolute Gasteiger partial charge is 0.270 e. The van der Waals surface area contributed by atoms with Crippen LogP contribution in [0.3, 0.4) is 0 Å². The molecule has 1 heterocycles. The van der Waals surface area contributed by atoms with Crippen LogP contribution >= 0.6 is 0 Å². The van der Waals surface area contributed by atoms with Crippen LogP contribution in [0.4, 0.5) is 5.82 Å². The van der Waals surface area contributed by atoms with Crippen LogP contribution in [0, 0.1) is 5.92 Å². The number of rotatable bonds is 7. The standard InChI is InChI=1S/C19H26N4O/c1-13(2)10-11-20-17-12-16(19(24)21-14(3)4)22-18(23-17)15-8-6-5-7-9-15/h5-9,12-14H,10-11H2,1-4H3,(H,21,24)(H,20,22,23). The van der Waals surface area contributed by atoms with Crippen molar-refractivity contribution >= 4 is 11.7 Å². The van der Waals surface area contributed by atoms with E-state index in [4.69, 9.17) is 0 Å². The highest BCUT2D eigenvalue weighted by molar-refractivity contribution is 5.93. The molecular formula is C19H26N4O. The molecule has 1 aromatic carbocycles. The summed E-state index contributed by atoms with van der Waals surface area (Å²) in [7, 11) is 0. The molecule has 0 saturated heterocycles. The van der Waals surface area contributed by atoms with Crippen molar-refractivity contribution in [3.05, 3.63) is 42.1 Å². The lowest BCUT2D eigenvalue weighted by atomic mass is 10.1. The Kier molecular flexibility index (Phi) is 6.29. The fraction of sp³-hybridized carbons (Fsp3) is 0.421. The van der Waals surface area contributed by atoms with Crippen LogP contribution in [0.15, 0.2) is 36.4 Å². The minimum Gasteiger partial charge on any atom is -0.370 e. The molecule has 2 aromatic rings. The maximum Gasteiger partial charge on any atom is 0.270 e. The van der Waals surface area contributed by atoms with Gasteiger partial charge in [0.1, 0.15) is 11.5 Å². The van der Waals surface area contributed by atoms with Crippen LogP contribution in [0.2, 0.25) is 0 Å². The molecule has 1 aromatic heterocycles. The first-order valence-corrected chi connectivity index (χ1v) is 8.45. The Morgan fingerprint density at radius 1 is 1.08 bits per heavy atom. The van der Waals surface area contributed by atoms with Gasteiger partial charge in [0.2, 0.25) is 0 Å². The molecule has 5 heteroatoms. The quantitative estimate of drug-likeness (QED) is 0.813. The number of anilines is 1. The predicted octanol–water partition coefficient (Wildman–Crippen LogP) is 3.74. The van der Waals surface area contributed by atoms with Gasteiger partial charge in [0.25, 0.3) is 5.91 Å². The van der Waals surface area contributed by atoms with Crippen molar-refractivity contribution in [2.75, 3.05) is 11.9 Å². The highest BCUT2D eigenvalue weighted by Gasteiger charge is 2.13. The van der Waals surface area contributed by atoms with Gasteiger partial charge in [-0.15, -0.1) is 0 Å². The molecule has 0 fully saturated rings. The number of amides is 1. The van der Waals surface area contributed by atoms with E-state index in [0.717, 1.165) is 18.5 Å². The highest BCUT2D eigenvalue weighted by Crippen LogP contribution is 2.18. The first kappa shape index (κ1) is 17.9. The minimum atomic E-state index is -0.184. The van der Waals surface area contributed by atoms with Crippen LogP contribution in [-0.4, -0.2) is 28.5 Å². The number of carbonyl (C=O) groups excluding carboxylic acids is 1. The van der Waals surface area contributed by atoms with Gasteiger partial charge in [0.05, 0.1) is 0 Å². The molecule has 0 unspecified atom stereocenters. The Labute approximate surface area is 143 Å². The maximum absolute atomic E-state index is 12.3. The Balaban J connectivity index is 2.30. The number of hydrogen-bond acceptors (Lipinski definition) is 4. The van der Waals surface area contributed by atoms with Gasteiger partial charge in [0, 0.05) is 24.2 Å². The van der Waals surface area contributed by atoms with Crippen LogP contribution in [-0.2, 0) is 0 Å². The van der Waals surface area contributed by atoms with Crippen molar-refractivity contribution in [3.8, 4) is 11.4 Å². The first-order chi connectivity index (χ1) is 11.5. The van der Waals surface area contributed by atoms with Crippen molar-refractivity contribution < 1.29 is 4.79 Å². The van der Waals surface area contributed by atoms with Crippen molar-refractivity contribution in [3.63, 3.8) is 0 Å². The molecule has 0 bridgehead atoms. The van der Waals surface area contributed by atoms with E-state index in [1.807, 2.05) is 44.2 Å². The highest BCUT2D eigenvalue weighted by atomic mass is 16.1.